The van der Waals surface area contributed by atoms with Gasteiger partial charge >= 0.3 is 0 Å². The van der Waals surface area contributed by atoms with Crippen LogP contribution >= 0.6 is 11.3 Å². The van der Waals surface area contributed by atoms with Crippen LogP contribution in [-0.2, 0) is 14.4 Å². The summed E-state index contributed by atoms with van der Waals surface area (Å²) in [5, 5.41) is 0.943. The number of ether oxygens (including phenoxy) is 1. The van der Waals surface area contributed by atoms with Crippen LogP contribution in [-0.4, -0.2) is 34.6 Å². The van der Waals surface area contributed by atoms with E-state index in [4.69, 9.17) is 4.74 Å². The van der Waals surface area contributed by atoms with E-state index in [0.29, 0.717) is 11.4 Å². The molecular weight excluding hydrogens is 352 g/mol. The molecule has 1 unspecified atom stereocenters. The molecule has 0 N–H and O–H groups in total. The smallest absolute Gasteiger partial charge is 0.268 e. The Bertz CT molecular complexity index is 904. The van der Waals surface area contributed by atoms with E-state index in [1.54, 1.807) is 30.4 Å². The van der Waals surface area contributed by atoms with Crippen molar-refractivity contribution < 1.29 is 19.1 Å². The summed E-state index contributed by atoms with van der Waals surface area (Å²) < 4.78 is 5.68. The molecule has 1 aromatic carbocycles. The van der Waals surface area contributed by atoms with Gasteiger partial charge in [0.15, 0.2) is 23.7 Å². The lowest BCUT2D eigenvalue weighted by Gasteiger charge is -2.36. The van der Waals surface area contributed by atoms with Gasteiger partial charge in [-0.05, 0) is 52.8 Å². The maximum absolute atomic E-state index is 12.7. The van der Waals surface area contributed by atoms with Crippen molar-refractivity contribution in [3.8, 4) is 17.0 Å². The molecule has 3 rings (SSSR count). The fraction of sp³-hybridized carbons (Fsp3) is 0.368. The Morgan fingerprint density at radius 1 is 1.23 bits per heavy atom. The Kier molecular flexibility index (Phi) is 4.66. The number of thiazole rings is 1. The second kappa shape index (κ2) is 6.64. The number of aromatic nitrogens is 1. The second-order valence-electron chi connectivity index (χ2n) is 6.41. The number of fused-ring (bicyclic) bond motifs is 1. The van der Waals surface area contributed by atoms with Gasteiger partial charge in [-0.15, -0.1) is 11.3 Å². The molecule has 26 heavy (non-hydrogen) atoms. The third-order valence-corrected chi connectivity index (χ3v) is 5.20. The fourth-order valence-electron chi connectivity index (χ4n) is 3.22. The lowest BCUT2D eigenvalue weighted by molar-refractivity contribution is -0.133. The summed E-state index contributed by atoms with van der Waals surface area (Å²) in [6, 6.07) is 4.24. The summed E-state index contributed by atoms with van der Waals surface area (Å²) in [5.41, 5.74) is 2.06. The van der Waals surface area contributed by atoms with E-state index in [1.165, 1.54) is 18.7 Å². The van der Waals surface area contributed by atoms with Crippen LogP contribution in [0, 0.1) is 13.8 Å². The number of carbonyl (C=O) groups excluding carboxylic acids is 3. The molecule has 0 aliphatic carbocycles. The number of aryl methyl sites for hydroxylation is 2. The van der Waals surface area contributed by atoms with Crippen molar-refractivity contribution >= 4 is 34.5 Å². The summed E-state index contributed by atoms with van der Waals surface area (Å²) in [6.07, 6.45) is -0.766. The van der Waals surface area contributed by atoms with Gasteiger partial charge in [0.05, 0.1) is 16.4 Å². The van der Waals surface area contributed by atoms with Crippen LogP contribution in [0.25, 0.3) is 11.3 Å². The fourth-order valence-corrected chi connectivity index (χ4v) is 4.06. The van der Waals surface area contributed by atoms with Crippen molar-refractivity contribution in [3.05, 3.63) is 28.1 Å². The molecule has 2 heterocycles. The summed E-state index contributed by atoms with van der Waals surface area (Å²) in [6.45, 7) is 8.15. The molecule has 0 radical (unpaired) electrons. The van der Waals surface area contributed by atoms with Gasteiger partial charge in [0, 0.05) is 10.4 Å². The van der Waals surface area contributed by atoms with E-state index in [1.807, 2.05) is 19.9 Å². The Labute approximate surface area is 155 Å². The molecule has 0 spiro atoms. The molecule has 2 aromatic rings. The van der Waals surface area contributed by atoms with Gasteiger partial charge < -0.3 is 4.74 Å². The molecule has 0 fully saturated rings. The SMILES string of the molecule is CC(=O)C(C(C)=O)N1C(=O)C(C)Oc2ccc(-c3nc(C)sc3C)cc21. The van der Waals surface area contributed by atoms with Gasteiger partial charge in [-0.1, -0.05) is 0 Å². The molecule has 7 heteroatoms. The quantitative estimate of drug-likeness (QED) is 0.771. The molecule has 1 amide bonds. The number of hydrogen-bond donors (Lipinski definition) is 0. The van der Waals surface area contributed by atoms with Crippen LogP contribution < -0.4 is 9.64 Å². The zero-order valence-electron chi connectivity index (χ0n) is 15.3. The van der Waals surface area contributed by atoms with Gasteiger partial charge in [-0.25, -0.2) is 4.98 Å². The number of rotatable bonds is 4. The lowest BCUT2D eigenvalue weighted by atomic mass is 10.0. The van der Waals surface area contributed by atoms with Crippen molar-refractivity contribution in [2.24, 2.45) is 0 Å². The van der Waals surface area contributed by atoms with Gasteiger partial charge in [0.2, 0.25) is 0 Å². The minimum atomic E-state index is -1.15. The monoisotopic (exact) mass is 372 g/mol. The standard InChI is InChI=1S/C19H20N2O4S/c1-9(22)18(10(2)23)21-15-8-14(17-12(4)26-13(5)20-17)6-7-16(15)25-11(3)19(21)24/h6-8,11,18H,1-5H3. The van der Waals surface area contributed by atoms with Crippen LogP contribution in [0.4, 0.5) is 5.69 Å². The number of amides is 1. The second-order valence-corrected chi connectivity index (χ2v) is 7.82. The summed E-state index contributed by atoms with van der Waals surface area (Å²) >= 11 is 1.59. The average Bonchev–Trinajstić information content (AvgIpc) is 2.89. The lowest BCUT2D eigenvalue weighted by Crippen LogP contribution is -2.54. The maximum atomic E-state index is 12.7. The summed E-state index contributed by atoms with van der Waals surface area (Å²) in [4.78, 5) is 43.8. The highest BCUT2D eigenvalue weighted by atomic mass is 32.1. The number of anilines is 1. The van der Waals surface area contributed by atoms with Crippen LogP contribution in [0.1, 0.15) is 30.7 Å². The van der Waals surface area contributed by atoms with Crippen molar-refractivity contribution in [1.29, 1.82) is 0 Å². The topological polar surface area (TPSA) is 76.6 Å². The number of Topliss-reactive ketones (excluding diaryl/α,β-unsaturated/α-hetero) is 2. The van der Waals surface area contributed by atoms with Crippen LogP contribution in [0.2, 0.25) is 0 Å². The van der Waals surface area contributed by atoms with E-state index in [9.17, 15) is 14.4 Å². The zero-order chi connectivity index (χ0) is 19.2. The summed E-state index contributed by atoms with van der Waals surface area (Å²) in [5.74, 6) is -0.692. The maximum Gasteiger partial charge on any atom is 0.268 e. The number of nitrogens with zero attached hydrogens (tertiary/aromatic N) is 2. The first-order chi connectivity index (χ1) is 12.2. The Hall–Kier alpha value is -2.54. The predicted molar refractivity (Wildman–Crippen MR) is 99.8 cm³/mol. The number of ketones is 2. The van der Waals surface area contributed by atoms with Gasteiger partial charge in [-0.3, -0.25) is 19.3 Å². The number of benzene rings is 1. The third-order valence-electron chi connectivity index (χ3n) is 4.31. The minimum Gasteiger partial charge on any atom is -0.479 e. The molecule has 0 saturated heterocycles. The Morgan fingerprint density at radius 2 is 1.88 bits per heavy atom. The van der Waals surface area contributed by atoms with Crippen molar-refractivity contribution in [2.45, 2.75) is 46.8 Å². The van der Waals surface area contributed by atoms with Gasteiger partial charge in [0.1, 0.15) is 5.75 Å². The minimum absolute atomic E-state index is 0.378. The Morgan fingerprint density at radius 3 is 2.42 bits per heavy atom. The highest BCUT2D eigenvalue weighted by Crippen LogP contribution is 2.39. The van der Waals surface area contributed by atoms with Crippen LogP contribution in [0.3, 0.4) is 0 Å². The molecule has 6 nitrogen and oxygen atoms in total. The van der Waals surface area contributed by atoms with E-state index in [2.05, 4.69) is 4.98 Å². The first-order valence-electron chi connectivity index (χ1n) is 8.29. The first kappa shape index (κ1) is 18.3. The van der Waals surface area contributed by atoms with Crippen molar-refractivity contribution in [2.75, 3.05) is 4.90 Å². The van der Waals surface area contributed by atoms with E-state index >= 15 is 0 Å². The van der Waals surface area contributed by atoms with Gasteiger partial charge in [-0.2, -0.15) is 0 Å². The van der Waals surface area contributed by atoms with Crippen molar-refractivity contribution in [1.82, 2.24) is 4.98 Å². The largest absolute Gasteiger partial charge is 0.479 e. The first-order valence-corrected chi connectivity index (χ1v) is 9.11. The molecule has 0 saturated carbocycles. The molecule has 1 aromatic heterocycles. The molecule has 0 bridgehead atoms. The normalized spacial score (nSPS) is 16.5. The van der Waals surface area contributed by atoms with Crippen LogP contribution in [0.15, 0.2) is 18.2 Å². The molecule has 1 aliphatic rings. The highest BCUT2D eigenvalue weighted by Gasteiger charge is 2.40. The Balaban J connectivity index is 2.18. The zero-order valence-corrected chi connectivity index (χ0v) is 16.1. The number of hydrogen-bond acceptors (Lipinski definition) is 6. The average molecular weight is 372 g/mol. The van der Waals surface area contributed by atoms with E-state index in [0.717, 1.165) is 21.1 Å². The number of carbonyl (C=O) groups is 3. The van der Waals surface area contributed by atoms with Crippen molar-refractivity contribution in [3.63, 3.8) is 0 Å². The summed E-state index contributed by atoms with van der Waals surface area (Å²) in [7, 11) is 0. The molecule has 1 aliphatic heterocycles. The molecule has 136 valence electrons. The van der Waals surface area contributed by atoms with E-state index < -0.39 is 18.1 Å². The van der Waals surface area contributed by atoms with E-state index in [-0.39, 0.29) is 11.6 Å². The molecular formula is C19H20N2O4S. The predicted octanol–water partition coefficient (Wildman–Crippen LogP) is 3.09. The third kappa shape index (κ3) is 3.03. The highest BCUT2D eigenvalue weighted by molar-refractivity contribution is 7.11. The van der Waals surface area contributed by atoms with Crippen LogP contribution in [0.5, 0.6) is 5.75 Å². The molecule has 1 atom stereocenters. The van der Waals surface area contributed by atoms with Gasteiger partial charge in [0.25, 0.3) is 5.91 Å².